The number of aromatic nitrogens is 3. The number of hydrogen-bond donors (Lipinski definition) is 1. The molecule has 1 saturated heterocycles. The summed E-state index contributed by atoms with van der Waals surface area (Å²) in [4.78, 5) is 6.72. The number of aryl methyl sites for hydroxylation is 1. The third kappa shape index (κ3) is 5.01. The molecule has 0 aliphatic carbocycles. The van der Waals surface area contributed by atoms with Crippen LogP contribution in [0.15, 0.2) is 11.3 Å². The zero-order chi connectivity index (χ0) is 14.6. The molecule has 120 valence electrons. The van der Waals surface area contributed by atoms with Crippen LogP contribution >= 0.6 is 35.7 Å². The van der Waals surface area contributed by atoms with Crippen molar-refractivity contribution in [3.05, 3.63) is 12.2 Å². The molecule has 0 amide bonds. The van der Waals surface area contributed by atoms with Gasteiger partial charge in [0, 0.05) is 37.2 Å². The molecule has 1 aromatic heterocycles. The third-order valence-electron chi connectivity index (χ3n) is 3.38. The summed E-state index contributed by atoms with van der Waals surface area (Å²) in [6.07, 6.45) is 1.76. The van der Waals surface area contributed by atoms with Crippen LogP contribution in [-0.2, 0) is 13.1 Å². The third-order valence-corrected chi connectivity index (χ3v) is 4.68. The van der Waals surface area contributed by atoms with Crippen LogP contribution in [0.25, 0.3) is 0 Å². The number of rotatable bonds is 3. The maximum Gasteiger partial charge on any atom is 0.194 e. The molecule has 6 nitrogen and oxygen atoms in total. The summed E-state index contributed by atoms with van der Waals surface area (Å²) >= 11 is 2.02. The fourth-order valence-corrected chi connectivity index (χ4v) is 3.48. The standard InChI is InChI=1S/C13H24N6S.HI/c1-5-18-10-16-17-11(18)8-15-12(14-4)19-6-7-20-13(2,3)9-19;/h10H,5-9H2,1-4H3,(H,14,15);1H. The highest BCUT2D eigenvalue weighted by molar-refractivity contribution is 14.0. The van der Waals surface area contributed by atoms with E-state index >= 15 is 0 Å². The largest absolute Gasteiger partial charge is 0.349 e. The molecule has 1 N–H and O–H groups in total. The maximum absolute atomic E-state index is 4.40. The van der Waals surface area contributed by atoms with Crippen LogP contribution in [-0.4, -0.2) is 56.3 Å². The minimum atomic E-state index is 0. The Kier molecular flexibility index (Phi) is 7.25. The van der Waals surface area contributed by atoms with E-state index in [1.54, 1.807) is 6.33 Å². The molecule has 1 aliphatic rings. The molecule has 0 saturated carbocycles. The van der Waals surface area contributed by atoms with Gasteiger partial charge in [-0.05, 0) is 20.8 Å². The fourth-order valence-electron chi connectivity index (χ4n) is 2.37. The average Bonchev–Trinajstić information content (AvgIpc) is 2.86. The summed E-state index contributed by atoms with van der Waals surface area (Å²) in [5, 5.41) is 11.5. The fraction of sp³-hybridized carbons (Fsp3) is 0.769. The molecule has 0 unspecified atom stereocenters. The van der Waals surface area contributed by atoms with Gasteiger partial charge in [0.1, 0.15) is 6.33 Å². The Labute approximate surface area is 148 Å². The van der Waals surface area contributed by atoms with Crippen LogP contribution in [0.5, 0.6) is 0 Å². The van der Waals surface area contributed by atoms with E-state index in [0.29, 0.717) is 6.54 Å². The molecule has 1 fully saturated rings. The maximum atomic E-state index is 4.40. The van der Waals surface area contributed by atoms with Crippen molar-refractivity contribution in [3.63, 3.8) is 0 Å². The Morgan fingerprint density at radius 2 is 2.29 bits per heavy atom. The topological polar surface area (TPSA) is 58.3 Å². The van der Waals surface area contributed by atoms with Gasteiger partial charge in [0.2, 0.25) is 0 Å². The van der Waals surface area contributed by atoms with Crippen molar-refractivity contribution in [2.45, 2.75) is 38.6 Å². The Hall–Kier alpha value is -0.510. The van der Waals surface area contributed by atoms with Crippen molar-refractivity contribution < 1.29 is 0 Å². The predicted molar refractivity (Wildman–Crippen MR) is 99.4 cm³/mol. The molecule has 2 heterocycles. The highest BCUT2D eigenvalue weighted by Gasteiger charge is 2.28. The molecule has 0 atom stereocenters. The lowest BCUT2D eigenvalue weighted by Crippen LogP contribution is -2.50. The normalized spacial score (nSPS) is 18.3. The van der Waals surface area contributed by atoms with E-state index in [4.69, 9.17) is 0 Å². The zero-order valence-electron chi connectivity index (χ0n) is 13.2. The van der Waals surface area contributed by atoms with Crippen molar-refractivity contribution in [2.24, 2.45) is 4.99 Å². The van der Waals surface area contributed by atoms with E-state index in [0.717, 1.165) is 37.2 Å². The van der Waals surface area contributed by atoms with Gasteiger partial charge in [0.05, 0.1) is 6.54 Å². The second-order valence-corrected chi connectivity index (χ2v) is 7.27. The molecule has 8 heteroatoms. The number of guanidine groups is 1. The Morgan fingerprint density at radius 3 is 2.90 bits per heavy atom. The smallest absolute Gasteiger partial charge is 0.194 e. The monoisotopic (exact) mass is 424 g/mol. The number of nitrogens with one attached hydrogen (secondary N) is 1. The van der Waals surface area contributed by atoms with Gasteiger partial charge in [-0.3, -0.25) is 4.99 Å². The lowest BCUT2D eigenvalue weighted by Gasteiger charge is -2.39. The van der Waals surface area contributed by atoms with Crippen LogP contribution in [0.1, 0.15) is 26.6 Å². The molecule has 0 radical (unpaired) electrons. The minimum absolute atomic E-state index is 0. The molecule has 2 rings (SSSR count). The van der Waals surface area contributed by atoms with E-state index in [-0.39, 0.29) is 28.7 Å². The first-order chi connectivity index (χ1) is 9.55. The minimum Gasteiger partial charge on any atom is -0.349 e. The number of hydrogen-bond acceptors (Lipinski definition) is 4. The number of halogens is 1. The molecular formula is C13H25IN6S. The molecule has 1 aliphatic heterocycles. The van der Waals surface area contributed by atoms with E-state index in [1.807, 2.05) is 23.4 Å². The Bertz CT molecular complexity index is 473. The molecule has 1 aromatic rings. The van der Waals surface area contributed by atoms with Gasteiger partial charge < -0.3 is 14.8 Å². The van der Waals surface area contributed by atoms with Gasteiger partial charge in [-0.2, -0.15) is 11.8 Å². The average molecular weight is 424 g/mol. The highest BCUT2D eigenvalue weighted by atomic mass is 127. The van der Waals surface area contributed by atoms with Gasteiger partial charge in [0.25, 0.3) is 0 Å². The van der Waals surface area contributed by atoms with Crippen LogP contribution in [0, 0.1) is 0 Å². The first kappa shape index (κ1) is 18.5. The van der Waals surface area contributed by atoms with E-state index in [9.17, 15) is 0 Å². The SMILES string of the molecule is CCn1cnnc1CNC(=NC)N1CCSC(C)(C)C1.I. The van der Waals surface area contributed by atoms with Gasteiger partial charge in [-0.15, -0.1) is 34.2 Å². The van der Waals surface area contributed by atoms with Crippen molar-refractivity contribution in [2.75, 3.05) is 25.9 Å². The molecule has 0 spiro atoms. The van der Waals surface area contributed by atoms with E-state index < -0.39 is 0 Å². The summed E-state index contributed by atoms with van der Waals surface area (Å²) in [6.45, 7) is 10.2. The Morgan fingerprint density at radius 1 is 1.52 bits per heavy atom. The summed E-state index contributed by atoms with van der Waals surface area (Å²) in [5.74, 6) is 3.03. The van der Waals surface area contributed by atoms with Gasteiger partial charge in [-0.25, -0.2) is 0 Å². The molecular weight excluding hydrogens is 399 g/mol. The lowest BCUT2D eigenvalue weighted by molar-refractivity contribution is 0.375. The first-order valence-electron chi connectivity index (χ1n) is 7.02. The summed E-state index contributed by atoms with van der Waals surface area (Å²) < 4.78 is 2.32. The van der Waals surface area contributed by atoms with Crippen LogP contribution < -0.4 is 5.32 Å². The zero-order valence-corrected chi connectivity index (χ0v) is 16.3. The van der Waals surface area contributed by atoms with Gasteiger partial charge in [-0.1, -0.05) is 0 Å². The number of thioether (sulfide) groups is 1. The second kappa shape index (κ2) is 8.21. The molecule has 0 bridgehead atoms. The highest BCUT2D eigenvalue weighted by Crippen LogP contribution is 2.29. The van der Waals surface area contributed by atoms with Crippen molar-refractivity contribution in [1.29, 1.82) is 0 Å². The quantitative estimate of drug-likeness (QED) is 0.456. The van der Waals surface area contributed by atoms with Crippen LogP contribution in [0.4, 0.5) is 0 Å². The van der Waals surface area contributed by atoms with Crippen LogP contribution in [0.3, 0.4) is 0 Å². The summed E-state index contributed by atoms with van der Waals surface area (Å²) in [5.41, 5.74) is 0. The van der Waals surface area contributed by atoms with Gasteiger partial charge >= 0.3 is 0 Å². The van der Waals surface area contributed by atoms with Crippen molar-refractivity contribution in [3.8, 4) is 0 Å². The Balaban J connectivity index is 0.00000220. The van der Waals surface area contributed by atoms with Crippen molar-refractivity contribution in [1.82, 2.24) is 25.0 Å². The summed E-state index contributed by atoms with van der Waals surface area (Å²) in [7, 11) is 1.83. The lowest BCUT2D eigenvalue weighted by atomic mass is 10.2. The van der Waals surface area contributed by atoms with E-state index in [1.165, 1.54) is 0 Å². The molecule has 0 aromatic carbocycles. The summed E-state index contributed by atoms with van der Waals surface area (Å²) in [6, 6.07) is 0. The first-order valence-corrected chi connectivity index (χ1v) is 8.00. The predicted octanol–water partition coefficient (Wildman–Crippen LogP) is 1.82. The van der Waals surface area contributed by atoms with E-state index in [2.05, 4.69) is 46.2 Å². The number of aliphatic imine (C=N–C) groups is 1. The van der Waals surface area contributed by atoms with Crippen molar-refractivity contribution >= 4 is 41.7 Å². The second-order valence-electron chi connectivity index (χ2n) is 5.46. The number of nitrogens with zero attached hydrogens (tertiary/aromatic N) is 5. The van der Waals surface area contributed by atoms with Gasteiger partial charge in [0.15, 0.2) is 11.8 Å². The molecule has 21 heavy (non-hydrogen) atoms. The van der Waals surface area contributed by atoms with Crippen LogP contribution in [0.2, 0.25) is 0 Å².